The maximum Gasteiger partial charge on any atom is 0.230 e. The molecular weight excluding hydrogens is 206 g/mol. The summed E-state index contributed by atoms with van der Waals surface area (Å²) in [5, 5.41) is 1.84. The van der Waals surface area contributed by atoms with Crippen LogP contribution in [0.25, 0.3) is 0 Å². The Morgan fingerprint density at radius 2 is 1.87 bits per heavy atom. The van der Waals surface area contributed by atoms with Gasteiger partial charge in [-0.1, -0.05) is 0 Å². The van der Waals surface area contributed by atoms with Crippen molar-refractivity contribution in [2.24, 2.45) is 0 Å². The number of hydrogen-bond donors (Lipinski definition) is 0. The summed E-state index contributed by atoms with van der Waals surface area (Å²) >= 11 is 1.41. The number of benzene rings is 1. The monoisotopic (exact) mass is 218 g/mol. The SMILES string of the molecule is Cc1cc(Oc2cs[c]n2)cc(C)c1C. The van der Waals surface area contributed by atoms with Gasteiger partial charge in [-0.3, -0.25) is 0 Å². The van der Waals surface area contributed by atoms with Crippen LogP contribution in [0.2, 0.25) is 0 Å². The molecule has 1 aromatic carbocycles. The van der Waals surface area contributed by atoms with Gasteiger partial charge in [0.25, 0.3) is 0 Å². The third-order valence-corrected chi connectivity index (χ3v) is 3.01. The minimum Gasteiger partial charge on any atom is -0.438 e. The molecular formula is C12H12NOS. The van der Waals surface area contributed by atoms with Crippen LogP contribution in [0.1, 0.15) is 16.7 Å². The Kier molecular flexibility index (Phi) is 2.73. The molecule has 0 bridgehead atoms. The van der Waals surface area contributed by atoms with Crippen molar-refractivity contribution in [2.45, 2.75) is 20.8 Å². The van der Waals surface area contributed by atoms with Gasteiger partial charge in [0, 0.05) is 0 Å². The van der Waals surface area contributed by atoms with Crippen molar-refractivity contribution in [3.63, 3.8) is 0 Å². The molecule has 1 aromatic heterocycles. The quantitative estimate of drug-likeness (QED) is 0.767. The molecule has 1 heterocycles. The van der Waals surface area contributed by atoms with E-state index in [0.717, 1.165) is 5.75 Å². The van der Waals surface area contributed by atoms with Gasteiger partial charge in [-0.25, -0.2) is 0 Å². The summed E-state index contributed by atoms with van der Waals surface area (Å²) in [4.78, 5) is 3.96. The van der Waals surface area contributed by atoms with E-state index in [0.29, 0.717) is 5.88 Å². The molecule has 0 saturated carbocycles. The molecule has 2 nitrogen and oxygen atoms in total. The van der Waals surface area contributed by atoms with E-state index < -0.39 is 0 Å². The summed E-state index contributed by atoms with van der Waals surface area (Å²) in [5.41, 5.74) is 6.55. The highest BCUT2D eigenvalue weighted by molar-refractivity contribution is 7.07. The Morgan fingerprint density at radius 3 is 2.40 bits per heavy atom. The molecule has 0 atom stereocenters. The van der Waals surface area contributed by atoms with Gasteiger partial charge in [0.1, 0.15) is 5.75 Å². The Hall–Kier alpha value is -1.35. The summed E-state index contributed by atoms with van der Waals surface area (Å²) < 4.78 is 5.60. The van der Waals surface area contributed by atoms with Crippen molar-refractivity contribution < 1.29 is 4.74 Å². The van der Waals surface area contributed by atoms with Crippen molar-refractivity contribution in [1.29, 1.82) is 0 Å². The second kappa shape index (κ2) is 4.03. The Balaban J connectivity index is 2.30. The van der Waals surface area contributed by atoms with Crippen LogP contribution in [0.15, 0.2) is 17.5 Å². The van der Waals surface area contributed by atoms with Gasteiger partial charge >= 0.3 is 0 Å². The van der Waals surface area contributed by atoms with Crippen molar-refractivity contribution in [3.05, 3.63) is 39.7 Å². The summed E-state index contributed by atoms with van der Waals surface area (Å²) in [6, 6.07) is 4.06. The summed E-state index contributed by atoms with van der Waals surface area (Å²) in [7, 11) is 0. The summed E-state index contributed by atoms with van der Waals surface area (Å²) in [5.74, 6) is 1.46. The fraction of sp³-hybridized carbons (Fsp3) is 0.250. The van der Waals surface area contributed by atoms with E-state index in [-0.39, 0.29) is 0 Å². The van der Waals surface area contributed by atoms with E-state index in [1.807, 2.05) is 17.5 Å². The first-order valence-electron chi connectivity index (χ1n) is 4.74. The molecule has 3 heteroatoms. The topological polar surface area (TPSA) is 22.1 Å². The van der Waals surface area contributed by atoms with E-state index >= 15 is 0 Å². The largest absolute Gasteiger partial charge is 0.438 e. The van der Waals surface area contributed by atoms with E-state index in [2.05, 4.69) is 31.3 Å². The minimum absolute atomic E-state index is 0.614. The molecule has 0 unspecified atom stereocenters. The zero-order valence-corrected chi connectivity index (χ0v) is 9.81. The van der Waals surface area contributed by atoms with Crippen LogP contribution in [0, 0.1) is 26.3 Å². The standard InChI is InChI=1S/C12H12NOS/c1-8-4-11(5-9(2)10(8)3)14-12-6-15-7-13-12/h4-6H,1-3H3. The highest BCUT2D eigenvalue weighted by Crippen LogP contribution is 2.25. The fourth-order valence-electron chi connectivity index (χ4n) is 1.40. The lowest BCUT2D eigenvalue weighted by atomic mass is 10.0. The number of aryl methyl sites for hydroxylation is 2. The molecule has 0 saturated heterocycles. The minimum atomic E-state index is 0.614. The lowest BCUT2D eigenvalue weighted by molar-refractivity contribution is 0.465. The molecule has 0 spiro atoms. The van der Waals surface area contributed by atoms with Gasteiger partial charge in [-0.15, -0.1) is 11.3 Å². The normalized spacial score (nSPS) is 10.3. The molecule has 0 aliphatic heterocycles. The third kappa shape index (κ3) is 2.18. The summed E-state index contributed by atoms with van der Waals surface area (Å²) in [6.45, 7) is 6.29. The van der Waals surface area contributed by atoms with Crippen LogP contribution >= 0.6 is 11.3 Å². The number of thiazole rings is 1. The summed E-state index contributed by atoms with van der Waals surface area (Å²) in [6.07, 6.45) is 0. The molecule has 77 valence electrons. The van der Waals surface area contributed by atoms with Gasteiger partial charge in [0.15, 0.2) is 5.51 Å². The predicted molar refractivity (Wildman–Crippen MR) is 61.7 cm³/mol. The van der Waals surface area contributed by atoms with Gasteiger partial charge in [-0.2, -0.15) is 4.98 Å². The first kappa shape index (κ1) is 10.2. The third-order valence-electron chi connectivity index (χ3n) is 2.49. The fourth-order valence-corrected chi connectivity index (χ4v) is 1.79. The molecule has 1 radical (unpaired) electrons. The molecule has 0 aliphatic rings. The van der Waals surface area contributed by atoms with E-state index in [1.54, 1.807) is 0 Å². The lowest BCUT2D eigenvalue weighted by Gasteiger charge is -2.08. The maximum absolute atomic E-state index is 5.60. The molecule has 2 aromatic rings. The first-order valence-corrected chi connectivity index (χ1v) is 5.62. The maximum atomic E-state index is 5.60. The second-order valence-electron chi connectivity index (χ2n) is 3.56. The van der Waals surface area contributed by atoms with E-state index in [9.17, 15) is 0 Å². The zero-order chi connectivity index (χ0) is 10.8. The number of rotatable bonds is 2. The van der Waals surface area contributed by atoms with E-state index in [1.165, 1.54) is 28.0 Å². The van der Waals surface area contributed by atoms with Crippen LogP contribution in [-0.4, -0.2) is 4.98 Å². The zero-order valence-electron chi connectivity index (χ0n) is 9.00. The van der Waals surface area contributed by atoms with Crippen LogP contribution in [-0.2, 0) is 0 Å². The van der Waals surface area contributed by atoms with Crippen LogP contribution in [0.3, 0.4) is 0 Å². The predicted octanol–water partition coefficient (Wildman–Crippen LogP) is 3.66. The number of hydrogen-bond acceptors (Lipinski definition) is 3. The molecule has 0 amide bonds. The van der Waals surface area contributed by atoms with Crippen molar-refractivity contribution in [3.8, 4) is 11.6 Å². The molecule has 15 heavy (non-hydrogen) atoms. The average Bonchev–Trinajstić information content (AvgIpc) is 2.66. The van der Waals surface area contributed by atoms with Crippen molar-refractivity contribution >= 4 is 11.3 Å². The van der Waals surface area contributed by atoms with Crippen molar-refractivity contribution in [2.75, 3.05) is 0 Å². The number of aromatic nitrogens is 1. The second-order valence-corrected chi connectivity index (χ2v) is 4.22. The van der Waals surface area contributed by atoms with E-state index in [4.69, 9.17) is 4.74 Å². The molecule has 0 N–H and O–H groups in total. The number of ether oxygens (including phenoxy) is 1. The highest BCUT2D eigenvalue weighted by Gasteiger charge is 2.03. The Morgan fingerprint density at radius 1 is 1.20 bits per heavy atom. The van der Waals surface area contributed by atoms with Crippen molar-refractivity contribution in [1.82, 2.24) is 4.98 Å². The lowest BCUT2D eigenvalue weighted by Crippen LogP contribution is -1.90. The first-order chi connectivity index (χ1) is 7.16. The van der Waals surface area contributed by atoms with Crippen LogP contribution in [0.4, 0.5) is 0 Å². The Labute approximate surface area is 93.6 Å². The highest BCUT2D eigenvalue weighted by atomic mass is 32.1. The smallest absolute Gasteiger partial charge is 0.230 e. The van der Waals surface area contributed by atoms with Gasteiger partial charge in [0.2, 0.25) is 5.88 Å². The molecule has 0 aliphatic carbocycles. The molecule has 2 rings (SSSR count). The average molecular weight is 218 g/mol. The Bertz CT molecular complexity index is 439. The van der Waals surface area contributed by atoms with Crippen LogP contribution < -0.4 is 4.74 Å². The molecule has 0 fully saturated rings. The van der Waals surface area contributed by atoms with Gasteiger partial charge in [0.05, 0.1) is 5.38 Å². The van der Waals surface area contributed by atoms with Gasteiger partial charge < -0.3 is 4.74 Å². The van der Waals surface area contributed by atoms with Gasteiger partial charge in [-0.05, 0) is 49.6 Å². The van der Waals surface area contributed by atoms with Crippen LogP contribution in [0.5, 0.6) is 11.6 Å². The number of nitrogens with zero attached hydrogens (tertiary/aromatic N) is 1.